The number of nitrogens with two attached hydrogens (primary N) is 2. The van der Waals surface area contributed by atoms with Crippen LogP contribution >= 0.6 is 0 Å². The molecule has 0 aliphatic rings. The molecule has 0 heterocycles. The van der Waals surface area contributed by atoms with Gasteiger partial charge in [0.05, 0.1) is 0 Å². The van der Waals surface area contributed by atoms with Crippen LogP contribution in [0.15, 0.2) is 73.0 Å². The summed E-state index contributed by atoms with van der Waals surface area (Å²) in [7, 11) is 0. The average Bonchev–Trinajstić information content (AvgIpc) is 3.26. The molecule has 370 valence electrons. The minimum atomic E-state index is 0.234. The summed E-state index contributed by atoms with van der Waals surface area (Å²) in [4.78, 5) is 30.5. The minimum absolute atomic E-state index is 0.234. The number of hydrogen-bond acceptors (Lipinski definition) is 5. The molecule has 1 rings (SSSR count). The maximum absolute atomic E-state index is 11.5. The van der Waals surface area contributed by atoms with E-state index in [1.165, 1.54) is 87.0 Å². The molecule has 3 atom stereocenters. The highest BCUT2D eigenvalue weighted by atomic mass is 16.1. The Balaban J connectivity index is -0.000000117. The Morgan fingerprint density at radius 3 is 1.41 bits per heavy atom. The van der Waals surface area contributed by atoms with Gasteiger partial charge in [0, 0.05) is 23.2 Å². The zero-order chi connectivity index (χ0) is 50.6. The van der Waals surface area contributed by atoms with Gasteiger partial charge in [0.2, 0.25) is 0 Å². The SMILES string of the molecule is C=C(C)C(=O)C(CCC)CCC.C=C(C)CCCC(N)CC.C=C(CC)c1ccc(C)cc1.C=C(N)C(C)CC.CC=O.CCC.CCCCC(C)C(C)=C=O.CCCCCCC. The number of Topliss-reactive ketones (excluding diaryl/α,β-unsaturated/α-hetero) is 1. The van der Waals surface area contributed by atoms with E-state index in [0.717, 1.165) is 81.8 Å². The molecule has 0 saturated heterocycles. The predicted octanol–water partition coefficient (Wildman–Crippen LogP) is 17.9. The van der Waals surface area contributed by atoms with Gasteiger partial charge in [0.25, 0.3) is 0 Å². The number of carbonyl (C=O) groups is 2. The van der Waals surface area contributed by atoms with E-state index in [1.54, 1.807) is 6.92 Å². The maximum Gasteiger partial charge on any atom is 0.161 e. The van der Waals surface area contributed by atoms with E-state index in [-0.39, 0.29) is 11.7 Å². The fourth-order valence-corrected chi connectivity index (χ4v) is 5.08. The molecule has 0 aliphatic carbocycles. The summed E-state index contributed by atoms with van der Waals surface area (Å²) in [5.41, 5.74) is 18.5. The van der Waals surface area contributed by atoms with Gasteiger partial charge in [0.15, 0.2) is 5.78 Å². The van der Waals surface area contributed by atoms with Gasteiger partial charge >= 0.3 is 0 Å². The molecule has 5 heteroatoms. The summed E-state index contributed by atoms with van der Waals surface area (Å²) in [6.07, 6.45) is 23.4. The van der Waals surface area contributed by atoms with Crippen LogP contribution in [0.3, 0.4) is 0 Å². The van der Waals surface area contributed by atoms with E-state index in [4.69, 9.17) is 16.3 Å². The lowest BCUT2D eigenvalue weighted by Gasteiger charge is -2.13. The maximum atomic E-state index is 11.5. The van der Waals surface area contributed by atoms with Crippen LogP contribution in [0.5, 0.6) is 0 Å². The monoisotopic (exact) mass is 883 g/mol. The van der Waals surface area contributed by atoms with Crippen LogP contribution < -0.4 is 11.5 Å². The Morgan fingerprint density at radius 2 is 1.13 bits per heavy atom. The predicted molar refractivity (Wildman–Crippen MR) is 289 cm³/mol. The summed E-state index contributed by atoms with van der Waals surface area (Å²) in [5.74, 6) is 3.35. The number of aryl methyl sites for hydroxylation is 1. The van der Waals surface area contributed by atoms with Crippen molar-refractivity contribution in [3.8, 4) is 0 Å². The molecule has 1 aromatic rings. The van der Waals surface area contributed by atoms with E-state index >= 15 is 0 Å². The lowest BCUT2D eigenvalue weighted by atomic mass is 9.91. The summed E-state index contributed by atoms with van der Waals surface area (Å²) in [5, 5.41) is 0. The van der Waals surface area contributed by atoms with Gasteiger partial charge in [-0.3, -0.25) is 4.79 Å². The highest BCUT2D eigenvalue weighted by Crippen LogP contribution is 2.18. The van der Waals surface area contributed by atoms with Crippen molar-refractivity contribution >= 4 is 23.6 Å². The molecule has 4 N–H and O–H groups in total. The molecule has 0 radical (unpaired) electrons. The Kier molecular flexibility index (Phi) is 69.1. The van der Waals surface area contributed by atoms with Crippen LogP contribution in [0.4, 0.5) is 0 Å². The molecular formula is C58H110N2O3. The number of aldehydes is 1. The van der Waals surface area contributed by atoms with Gasteiger partial charge in [-0.2, -0.15) is 0 Å². The van der Waals surface area contributed by atoms with E-state index in [0.29, 0.717) is 23.5 Å². The molecular weight excluding hydrogens is 773 g/mol. The number of rotatable bonds is 23. The van der Waals surface area contributed by atoms with Crippen LogP contribution in [0.1, 0.15) is 244 Å². The van der Waals surface area contributed by atoms with Crippen molar-refractivity contribution in [1.82, 2.24) is 0 Å². The smallest absolute Gasteiger partial charge is 0.161 e. The third-order valence-corrected chi connectivity index (χ3v) is 10.00. The second-order valence-corrected chi connectivity index (χ2v) is 17.0. The van der Waals surface area contributed by atoms with Crippen molar-refractivity contribution in [2.45, 2.75) is 246 Å². The first kappa shape index (κ1) is 74.1. The van der Waals surface area contributed by atoms with Crippen molar-refractivity contribution in [3.05, 3.63) is 84.1 Å². The molecule has 0 aromatic heterocycles. The highest BCUT2D eigenvalue weighted by molar-refractivity contribution is 5.95. The molecule has 0 bridgehead atoms. The zero-order valence-electron chi connectivity index (χ0n) is 45.3. The Hall–Kier alpha value is -3.27. The average molecular weight is 884 g/mol. The number of benzene rings is 1. The molecule has 0 spiro atoms. The normalized spacial score (nSPS) is 10.7. The first-order chi connectivity index (χ1) is 29.7. The van der Waals surface area contributed by atoms with Gasteiger partial charge in [-0.15, -0.1) is 6.58 Å². The highest BCUT2D eigenvalue weighted by Gasteiger charge is 2.16. The zero-order valence-corrected chi connectivity index (χ0v) is 45.3. The molecule has 1 aromatic carbocycles. The van der Waals surface area contributed by atoms with Crippen LogP contribution in [0.2, 0.25) is 0 Å². The van der Waals surface area contributed by atoms with E-state index in [2.05, 4.69) is 148 Å². The van der Waals surface area contributed by atoms with Gasteiger partial charge in [-0.25, -0.2) is 4.79 Å². The summed E-state index contributed by atoms with van der Waals surface area (Å²) < 4.78 is 0. The third kappa shape index (κ3) is 63.1. The quantitative estimate of drug-likeness (QED) is 0.0375. The van der Waals surface area contributed by atoms with Gasteiger partial charge in [-0.1, -0.05) is 202 Å². The van der Waals surface area contributed by atoms with Crippen molar-refractivity contribution < 1.29 is 14.4 Å². The standard InChI is InChI=1S/C11H20O.C11H14.C9H19N.C9H16O.C7H16.C6H13N.C3H8.C2H4O/c1-5-7-10(8-6-2)11(12)9(3)4;1-4-10(3)11-7-5-9(2)6-8-11;1-4-9(10)7-5-6-8(2)3;1-4-5-6-8(2)9(3)7-10;1-3-5-7-6-4-2;1-4-5(2)6(3)7;1-3-2;1-2-3/h10H,3,5-8H2,1-2,4H3;5-8H,3-4H2,1-2H3;9H,2,4-7,10H2,1,3H3;8H,4-6H2,1-3H3;3-7H2,1-2H3;5H,3-4,7H2,1-2H3;3H2,1-2H3;2H,1H3. The van der Waals surface area contributed by atoms with Crippen LogP contribution in [-0.4, -0.2) is 24.1 Å². The molecule has 5 nitrogen and oxygen atoms in total. The second kappa shape index (κ2) is 58.7. The van der Waals surface area contributed by atoms with Gasteiger partial charge < -0.3 is 16.3 Å². The van der Waals surface area contributed by atoms with E-state index in [1.807, 2.05) is 12.9 Å². The Bertz CT molecular complexity index is 1230. The van der Waals surface area contributed by atoms with Crippen LogP contribution in [0, 0.1) is 24.7 Å². The van der Waals surface area contributed by atoms with Crippen LogP contribution in [0.25, 0.3) is 5.57 Å². The van der Waals surface area contributed by atoms with Gasteiger partial charge in [-0.05, 0) is 121 Å². The number of allylic oxidation sites excluding steroid dienone is 5. The largest absolute Gasteiger partial charge is 0.402 e. The molecule has 63 heavy (non-hydrogen) atoms. The second-order valence-electron chi connectivity index (χ2n) is 17.0. The first-order valence-corrected chi connectivity index (χ1v) is 25.1. The fourth-order valence-electron chi connectivity index (χ4n) is 5.08. The number of unbranched alkanes of at least 4 members (excludes halogenated alkanes) is 5. The Labute approximate surface area is 395 Å². The van der Waals surface area contributed by atoms with Crippen molar-refractivity contribution in [2.24, 2.45) is 29.2 Å². The third-order valence-electron chi connectivity index (χ3n) is 10.00. The van der Waals surface area contributed by atoms with E-state index < -0.39 is 0 Å². The lowest BCUT2D eigenvalue weighted by molar-refractivity contribution is -0.119. The molecule has 0 aliphatic heterocycles. The van der Waals surface area contributed by atoms with Crippen molar-refractivity contribution in [3.63, 3.8) is 0 Å². The Morgan fingerprint density at radius 1 is 0.683 bits per heavy atom. The number of carbonyl (C=O) groups excluding carboxylic acids is 3. The summed E-state index contributed by atoms with van der Waals surface area (Å²) in [6, 6.07) is 8.90. The molecule has 3 unspecified atom stereocenters. The van der Waals surface area contributed by atoms with E-state index in [9.17, 15) is 9.59 Å². The van der Waals surface area contributed by atoms with Crippen molar-refractivity contribution in [1.29, 1.82) is 0 Å². The summed E-state index contributed by atoms with van der Waals surface area (Å²) >= 11 is 0. The van der Waals surface area contributed by atoms with Gasteiger partial charge in [0.1, 0.15) is 12.2 Å². The topological polar surface area (TPSA) is 103 Å². The number of hydrogen-bond donors (Lipinski definition) is 2. The molecule has 0 fully saturated rings. The minimum Gasteiger partial charge on any atom is -0.402 e. The molecule has 0 amide bonds. The molecule has 0 saturated carbocycles. The van der Waals surface area contributed by atoms with Crippen molar-refractivity contribution in [2.75, 3.05) is 0 Å². The lowest BCUT2D eigenvalue weighted by Crippen LogP contribution is -2.17. The van der Waals surface area contributed by atoms with Crippen LogP contribution in [-0.2, 0) is 14.4 Å². The first-order valence-electron chi connectivity index (χ1n) is 25.1. The summed E-state index contributed by atoms with van der Waals surface area (Å²) in [6.45, 7) is 50.0. The fraction of sp³-hybridized carbons (Fsp3) is 0.690. The number of ketones is 1.